The molecule has 0 bridgehead atoms. The van der Waals surface area contributed by atoms with E-state index in [1.807, 2.05) is 0 Å². The van der Waals surface area contributed by atoms with E-state index >= 15 is 0 Å². The molecule has 1 aromatic rings. The molecule has 21 heavy (non-hydrogen) atoms. The summed E-state index contributed by atoms with van der Waals surface area (Å²) in [7, 11) is -5.88. The molecule has 2 fully saturated rings. The van der Waals surface area contributed by atoms with Crippen molar-refractivity contribution in [3.05, 3.63) is 6.33 Å². The van der Waals surface area contributed by atoms with Gasteiger partial charge in [-0.2, -0.15) is 0 Å². The minimum Gasteiger partial charge on any atom is -0.318 e. The quantitative estimate of drug-likeness (QED) is 0.756. The first-order valence-corrected chi connectivity index (χ1v) is 11.1. The number of hydrogen-bond acceptors (Lipinski definition) is 8. The van der Waals surface area contributed by atoms with Gasteiger partial charge < -0.3 is 5.43 Å². The van der Waals surface area contributed by atoms with Crippen LogP contribution in [0.15, 0.2) is 11.5 Å². The van der Waals surface area contributed by atoms with Crippen molar-refractivity contribution in [1.82, 2.24) is 14.9 Å². The predicted molar refractivity (Wildman–Crippen MR) is 79.4 cm³/mol. The van der Waals surface area contributed by atoms with Gasteiger partial charge in [0.1, 0.15) is 6.33 Å². The molecule has 0 aliphatic carbocycles. The molecular formula is C10H16N4O4S3. The Morgan fingerprint density at radius 1 is 1.14 bits per heavy atom. The Hall–Kier alpha value is -0.810. The van der Waals surface area contributed by atoms with Gasteiger partial charge in [0.25, 0.3) is 0 Å². The summed E-state index contributed by atoms with van der Waals surface area (Å²) in [4.78, 5) is 0. The fraction of sp³-hybridized carbons (Fsp3) is 0.800. The fourth-order valence-corrected chi connectivity index (χ4v) is 7.58. The third-order valence-electron chi connectivity index (χ3n) is 3.53. The van der Waals surface area contributed by atoms with Crippen LogP contribution in [0, 0.1) is 0 Å². The van der Waals surface area contributed by atoms with E-state index in [9.17, 15) is 16.8 Å². The van der Waals surface area contributed by atoms with Crippen molar-refractivity contribution in [2.75, 3.05) is 28.4 Å². The van der Waals surface area contributed by atoms with Crippen molar-refractivity contribution in [1.29, 1.82) is 0 Å². The Labute approximate surface area is 127 Å². The van der Waals surface area contributed by atoms with E-state index in [0.717, 1.165) is 0 Å². The minimum absolute atomic E-state index is 0.0212. The number of thioether (sulfide) groups is 1. The summed E-state index contributed by atoms with van der Waals surface area (Å²) in [5.41, 5.74) is 3.08. The molecule has 3 rings (SSSR count). The van der Waals surface area contributed by atoms with Gasteiger partial charge in [0.2, 0.25) is 5.16 Å². The largest absolute Gasteiger partial charge is 0.318 e. The van der Waals surface area contributed by atoms with Crippen molar-refractivity contribution >= 4 is 31.4 Å². The van der Waals surface area contributed by atoms with Gasteiger partial charge >= 0.3 is 0 Å². The zero-order chi connectivity index (χ0) is 15.1. The molecule has 2 unspecified atom stereocenters. The van der Waals surface area contributed by atoms with Crippen LogP contribution in [0.3, 0.4) is 0 Å². The first-order chi connectivity index (χ1) is 9.83. The van der Waals surface area contributed by atoms with Gasteiger partial charge in [0, 0.05) is 5.25 Å². The summed E-state index contributed by atoms with van der Waals surface area (Å²) in [6.07, 6.45) is 2.65. The highest BCUT2D eigenvalue weighted by atomic mass is 32.2. The first-order valence-electron chi connectivity index (χ1n) is 6.57. The third kappa shape index (κ3) is 3.69. The second kappa shape index (κ2) is 5.43. The van der Waals surface area contributed by atoms with Crippen LogP contribution < -0.4 is 5.43 Å². The van der Waals surface area contributed by atoms with Gasteiger partial charge in [-0.15, -0.1) is 10.2 Å². The number of nitrogens with zero attached hydrogens (tertiary/aromatic N) is 3. The Morgan fingerprint density at radius 3 is 2.48 bits per heavy atom. The molecule has 2 saturated heterocycles. The SMILES string of the molecule is O=S1(=O)CCC(Nn2cnnc2SC2CCS(=O)(=O)C2)C1. The highest BCUT2D eigenvalue weighted by molar-refractivity contribution is 8.01. The monoisotopic (exact) mass is 352 g/mol. The van der Waals surface area contributed by atoms with Crippen LogP contribution in [0.2, 0.25) is 0 Å². The summed E-state index contributed by atoms with van der Waals surface area (Å²) in [6.45, 7) is 0. The lowest BCUT2D eigenvalue weighted by molar-refractivity contribution is 0.599. The molecular weight excluding hydrogens is 336 g/mol. The van der Waals surface area contributed by atoms with E-state index in [2.05, 4.69) is 15.6 Å². The number of sulfone groups is 2. The number of hydrogen-bond donors (Lipinski definition) is 1. The van der Waals surface area contributed by atoms with Crippen LogP contribution in [0.5, 0.6) is 0 Å². The van der Waals surface area contributed by atoms with Crippen molar-refractivity contribution in [3.8, 4) is 0 Å². The van der Waals surface area contributed by atoms with Crippen LogP contribution in [-0.2, 0) is 19.7 Å². The number of aromatic nitrogens is 3. The lowest BCUT2D eigenvalue weighted by Crippen LogP contribution is -2.29. The van der Waals surface area contributed by atoms with Gasteiger partial charge in [-0.1, -0.05) is 11.8 Å². The molecule has 2 aliphatic heterocycles. The Kier molecular flexibility index (Phi) is 3.91. The molecule has 118 valence electrons. The van der Waals surface area contributed by atoms with Crippen molar-refractivity contribution in [2.24, 2.45) is 0 Å². The summed E-state index contributed by atoms with van der Waals surface area (Å²) < 4.78 is 47.4. The van der Waals surface area contributed by atoms with E-state index in [-0.39, 0.29) is 34.3 Å². The molecule has 0 aromatic carbocycles. The molecule has 2 atom stereocenters. The van der Waals surface area contributed by atoms with Crippen molar-refractivity contribution in [2.45, 2.75) is 29.3 Å². The maximum Gasteiger partial charge on any atom is 0.209 e. The van der Waals surface area contributed by atoms with Gasteiger partial charge in [0.15, 0.2) is 19.7 Å². The normalized spacial score (nSPS) is 30.5. The van der Waals surface area contributed by atoms with Crippen LogP contribution in [0.4, 0.5) is 0 Å². The summed E-state index contributed by atoms with van der Waals surface area (Å²) >= 11 is 1.37. The van der Waals surface area contributed by atoms with E-state index < -0.39 is 19.7 Å². The van der Waals surface area contributed by atoms with E-state index in [4.69, 9.17) is 0 Å². The van der Waals surface area contributed by atoms with E-state index in [1.165, 1.54) is 18.1 Å². The van der Waals surface area contributed by atoms with Gasteiger partial charge in [0.05, 0.1) is 29.1 Å². The van der Waals surface area contributed by atoms with Crippen LogP contribution >= 0.6 is 11.8 Å². The zero-order valence-corrected chi connectivity index (χ0v) is 13.6. The Balaban J connectivity index is 1.65. The third-order valence-corrected chi connectivity index (χ3v) is 8.51. The fourth-order valence-electron chi connectivity index (χ4n) is 2.49. The molecule has 0 saturated carbocycles. The van der Waals surface area contributed by atoms with Crippen LogP contribution in [0.25, 0.3) is 0 Å². The second-order valence-corrected chi connectivity index (χ2v) is 11.1. The number of rotatable bonds is 4. The maximum absolute atomic E-state index is 11.5. The highest BCUT2D eigenvalue weighted by Crippen LogP contribution is 2.29. The van der Waals surface area contributed by atoms with E-state index in [0.29, 0.717) is 18.0 Å². The highest BCUT2D eigenvalue weighted by Gasteiger charge is 2.31. The average Bonchev–Trinajstić information content (AvgIpc) is 3.02. The summed E-state index contributed by atoms with van der Waals surface area (Å²) in [5, 5.41) is 8.33. The summed E-state index contributed by atoms with van der Waals surface area (Å²) in [5.74, 6) is 0.665. The van der Waals surface area contributed by atoms with Crippen molar-refractivity contribution < 1.29 is 16.8 Å². The molecule has 2 aliphatic rings. The average molecular weight is 352 g/mol. The lowest BCUT2D eigenvalue weighted by atomic mass is 10.3. The zero-order valence-electron chi connectivity index (χ0n) is 11.2. The number of nitrogens with one attached hydrogen (secondary N) is 1. The molecule has 3 heterocycles. The smallest absolute Gasteiger partial charge is 0.209 e. The summed E-state index contributed by atoms with van der Waals surface area (Å²) in [6, 6.07) is -0.155. The Bertz CT molecular complexity index is 667. The molecule has 1 N–H and O–H groups in total. The van der Waals surface area contributed by atoms with Gasteiger partial charge in [-0.3, -0.25) is 0 Å². The topological polar surface area (TPSA) is 111 Å². The predicted octanol–water partition coefficient (Wildman–Crippen LogP) is -0.712. The molecule has 0 radical (unpaired) electrons. The minimum atomic E-state index is -2.95. The lowest BCUT2D eigenvalue weighted by Gasteiger charge is -2.15. The standard InChI is InChI=1S/C10H16N4O4S3/c15-20(16)3-1-8(5-20)13-14-7-11-12-10(14)19-9-2-4-21(17,18)6-9/h7-9,13H,1-6H2. The second-order valence-electron chi connectivity index (χ2n) is 5.36. The van der Waals surface area contributed by atoms with E-state index in [1.54, 1.807) is 4.68 Å². The van der Waals surface area contributed by atoms with Crippen molar-refractivity contribution in [3.63, 3.8) is 0 Å². The molecule has 1 aromatic heterocycles. The molecule has 0 spiro atoms. The Morgan fingerprint density at radius 2 is 1.86 bits per heavy atom. The maximum atomic E-state index is 11.5. The van der Waals surface area contributed by atoms with Crippen LogP contribution in [-0.4, -0.2) is 66.0 Å². The van der Waals surface area contributed by atoms with Gasteiger partial charge in [-0.25, -0.2) is 21.5 Å². The van der Waals surface area contributed by atoms with Crippen LogP contribution in [0.1, 0.15) is 12.8 Å². The molecule has 0 amide bonds. The first kappa shape index (κ1) is 15.1. The molecule has 11 heteroatoms. The van der Waals surface area contributed by atoms with Gasteiger partial charge in [-0.05, 0) is 12.8 Å². The molecule has 8 nitrogen and oxygen atoms in total.